The van der Waals surface area contributed by atoms with E-state index < -0.39 is 22.1 Å². The van der Waals surface area contributed by atoms with Crippen molar-refractivity contribution in [3.63, 3.8) is 0 Å². The second kappa shape index (κ2) is 12.3. The minimum absolute atomic E-state index is 0.00790. The second-order valence-electron chi connectivity index (χ2n) is 9.24. The molecule has 1 heterocycles. The molecular weight excluding hydrogens is 446 g/mol. The number of carboxylic acids is 1. The van der Waals surface area contributed by atoms with Gasteiger partial charge in [0.2, 0.25) is 5.91 Å². The van der Waals surface area contributed by atoms with Crippen molar-refractivity contribution in [3.8, 4) is 0 Å². The number of thiol groups is 1. The van der Waals surface area contributed by atoms with Crippen LogP contribution in [0, 0.1) is 10.8 Å². The van der Waals surface area contributed by atoms with Crippen LogP contribution in [0.3, 0.4) is 0 Å². The monoisotopic (exact) mass is 483 g/mol. The van der Waals surface area contributed by atoms with Crippen LogP contribution in [0.2, 0.25) is 0 Å². The number of rotatable bonds is 10. The van der Waals surface area contributed by atoms with Gasteiger partial charge in [-0.25, -0.2) is 4.79 Å². The molecule has 0 saturated carbocycles. The summed E-state index contributed by atoms with van der Waals surface area (Å²) in [5.41, 5.74) is -0.0365. The van der Waals surface area contributed by atoms with Crippen molar-refractivity contribution in [3.05, 3.63) is 0 Å². The molecule has 1 rings (SSSR count). The molecule has 0 aromatic heterocycles. The zero-order chi connectivity index (χ0) is 22.8. The minimum Gasteiger partial charge on any atom is -0.481 e. The Bertz CT molecular complexity index is 646. The van der Waals surface area contributed by atoms with Crippen LogP contribution in [-0.4, -0.2) is 63.7 Å². The van der Waals surface area contributed by atoms with E-state index in [0.717, 1.165) is 12.8 Å². The van der Waals surface area contributed by atoms with Crippen molar-refractivity contribution < 1.29 is 24.0 Å². The first-order valence-electron chi connectivity index (χ1n) is 10.2. The quantitative estimate of drug-likeness (QED) is 0.183. The maximum atomic E-state index is 12.3. The normalized spacial score (nSPS) is 20.4. The first kappa shape index (κ1) is 27.3. The van der Waals surface area contributed by atoms with Crippen molar-refractivity contribution in [1.29, 1.82) is 0 Å². The Kier molecular flexibility index (Phi) is 11.2. The van der Waals surface area contributed by atoms with Gasteiger partial charge in [0, 0.05) is 42.5 Å². The van der Waals surface area contributed by atoms with Crippen LogP contribution in [0.4, 0.5) is 4.79 Å². The van der Waals surface area contributed by atoms with Gasteiger partial charge in [0.25, 0.3) is 0 Å². The van der Waals surface area contributed by atoms with Gasteiger partial charge in [-0.15, -0.1) is 0 Å². The average molecular weight is 484 g/mol. The first-order valence-corrected chi connectivity index (χ1v) is 14.7. The number of carboxylic acid groups (broad SMARTS) is 1. The number of hydrogen-bond acceptors (Lipinski definition) is 5. The van der Waals surface area contributed by atoms with Gasteiger partial charge in [-0.3, -0.25) is 9.59 Å². The summed E-state index contributed by atoms with van der Waals surface area (Å²) in [6.45, 7) is 9.47. The Balaban J connectivity index is 2.28. The smallest absolute Gasteiger partial charge is 0.347 e. The van der Waals surface area contributed by atoms with Gasteiger partial charge in [0.05, 0.1) is 6.42 Å². The van der Waals surface area contributed by atoms with E-state index in [1.807, 2.05) is 0 Å². The molecule has 1 saturated heterocycles. The lowest BCUT2D eigenvalue weighted by atomic mass is 9.81. The Morgan fingerprint density at radius 1 is 0.933 bits per heavy atom. The van der Waals surface area contributed by atoms with E-state index >= 15 is 0 Å². The molecule has 0 aliphatic carbocycles. The Labute approximate surface area is 188 Å². The van der Waals surface area contributed by atoms with Crippen molar-refractivity contribution in [1.82, 2.24) is 10.6 Å². The maximum absolute atomic E-state index is 12.3. The summed E-state index contributed by atoms with van der Waals surface area (Å²) < 4.78 is 15.3. The van der Waals surface area contributed by atoms with E-state index in [2.05, 4.69) is 42.7 Å². The summed E-state index contributed by atoms with van der Waals surface area (Å²) in [4.78, 5) is 34.0. The molecule has 0 spiro atoms. The second-order valence-corrected chi connectivity index (χ2v) is 14.5. The highest BCUT2D eigenvalue weighted by Gasteiger charge is 2.36. The van der Waals surface area contributed by atoms with Crippen molar-refractivity contribution in [2.24, 2.45) is 15.2 Å². The lowest BCUT2D eigenvalue weighted by Crippen LogP contribution is -2.34. The third-order valence-electron chi connectivity index (χ3n) is 4.74. The van der Waals surface area contributed by atoms with Gasteiger partial charge in [-0.05, 0) is 23.7 Å². The Morgan fingerprint density at radius 2 is 1.43 bits per heavy atom. The molecule has 176 valence electrons. The van der Waals surface area contributed by atoms with Crippen LogP contribution in [0.5, 0.6) is 0 Å². The fourth-order valence-corrected chi connectivity index (χ4v) is 8.93. The third-order valence-corrected chi connectivity index (χ3v) is 10.4. The molecule has 30 heavy (non-hydrogen) atoms. The molecule has 0 atom stereocenters. The summed E-state index contributed by atoms with van der Waals surface area (Å²) in [7, 11) is 0.470. The van der Waals surface area contributed by atoms with E-state index in [4.69, 9.17) is 5.11 Å². The van der Waals surface area contributed by atoms with Gasteiger partial charge in [0.15, 0.2) is 0 Å². The van der Waals surface area contributed by atoms with E-state index in [0.29, 0.717) is 36.1 Å². The van der Waals surface area contributed by atoms with Crippen LogP contribution in [0.25, 0.3) is 0 Å². The number of urea groups is 1. The summed E-state index contributed by atoms with van der Waals surface area (Å²) >= 11 is 0. The summed E-state index contributed by atoms with van der Waals surface area (Å²) in [6.07, 6.45) is 1.87. The van der Waals surface area contributed by atoms with Crippen LogP contribution < -0.4 is 10.6 Å². The number of aliphatic carboxylic acids is 1. The van der Waals surface area contributed by atoms with Gasteiger partial charge >= 0.3 is 12.0 Å². The van der Waals surface area contributed by atoms with Crippen molar-refractivity contribution in [2.75, 3.05) is 36.1 Å². The Morgan fingerprint density at radius 3 is 1.93 bits per heavy atom. The van der Waals surface area contributed by atoms with E-state index in [1.54, 1.807) is 21.6 Å². The van der Waals surface area contributed by atoms with Gasteiger partial charge in [0.1, 0.15) is 0 Å². The molecule has 0 radical (unpaired) electrons. The van der Waals surface area contributed by atoms with Crippen LogP contribution in [0.1, 0.15) is 53.4 Å². The number of carbonyl (C=O) groups is 3. The third kappa shape index (κ3) is 12.2. The fraction of sp³-hybridized carbons (Fsp3) is 0.842. The van der Waals surface area contributed by atoms with Crippen molar-refractivity contribution in [2.45, 2.75) is 53.4 Å². The lowest BCUT2D eigenvalue weighted by Gasteiger charge is -2.32. The molecule has 11 heteroatoms. The number of nitrogens with one attached hydrogen (secondary N) is 2. The van der Waals surface area contributed by atoms with E-state index in [-0.39, 0.29) is 29.6 Å². The summed E-state index contributed by atoms with van der Waals surface area (Å²) in [5, 5.41) is 14.0. The number of carbonyl (C=O) groups excluding carboxylic acids is 2. The summed E-state index contributed by atoms with van der Waals surface area (Å²) in [5.74, 6) is 1.30. The van der Waals surface area contributed by atoms with Crippen LogP contribution in [-0.2, 0) is 19.7 Å². The molecule has 8 nitrogen and oxygen atoms in total. The number of hydrogen-bond donors (Lipinski definition) is 5. The molecule has 0 aromatic carbocycles. The highest BCUT2D eigenvalue weighted by atomic mass is 33.1. The van der Waals surface area contributed by atoms with E-state index in [9.17, 15) is 18.9 Å². The number of amides is 3. The molecule has 0 aromatic rings. The fourth-order valence-electron chi connectivity index (χ4n) is 3.40. The molecule has 1 fully saturated rings. The predicted molar refractivity (Wildman–Crippen MR) is 129 cm³/mol. The molecule has 0 unspecified atom stereocenters. The zero-order valence-electron chi connectivity index (χ0n) is 18.4. The number of nitrogens with zero attached hydrogens (tertiary/aromatic N) is 1. The molecule has 0 bridgehead atoms. The first-order chi connectivity index (χ1) is 13.8. The molecule has 3 amide bonds. The molecule has 4 N–H and O–H groups in total. The minimum atomic E-state index is -2.67. The zero-order valence-corrected chi connectivity index (χ0v) is 20.9. The molecule has 1 aliphatic rings. The van der Waals surface area contributed by atoms with Gasteiger partial charge in [-0.1, -0.05) is 59.4 Å². The largest absolute Gasteiger partial charge is 0.481 e. The molecule has 1 aliphatic heterocycles. The summed E-state index contributed by atoms with van der Waals surface area (Å²) in [6, 6.07) is -0.435. The van der Waals surface area contributed by atoms with E-state index in [1.165, 1.54) is 0 Å². The molecular formula is C19H37N3O5S3. The standard InChI is InChI=1S/C19H37N3O5S3/c1-18(2)7-8-19(3,4)14-30(27,13-18)22-17(26)21-10-12-29-28-11-9-20-15(23)5-6-16(24)25/h30H,5-14H2,1-4H3,(H,20,23)(H,24,25)(H2,21,22,26,27). The van der Waals surface area contributed by atoms with Gasteiger partial charge < -0.3 is 20.3 Å². The average Bonchev–Trinajstić information content (AvgIpc) is 2.67. The highest BCUT2D eigenvalue weighted by Crippen LogP contribution is 2.40. The van der Waals surface area contributed by atoms with Crippen LogP contribution in [0.15, 0.2) is 4.36 Å². The SMILES string of the molecule is CC1(C)CCC(C)(C)C[SH](O)(=NC(=O)NCCSSCCNC(=O)CCC(=O)O)C1. The highest BCUT2D eigenvalue weighted by molar-refractivity contribution is 8.76. The maximum Gasteiger partial charge on any atom is 0.347 e. The van der Waals surface area contributed by atoms with Crippen molar-refractivity contribution >= 4 is 49.6 Å². The van der Waals surface area contributed by atoms with Crippen LogP contribution >= 0.6 is 21.6 Å². The van der Waals surface area contributed by atoms with Gasteiger partial charge in [-0.2, -0.15) is 4.36 Å². The topological polar surface area (TPSA) is 128 Å². The predicted octanol–water partition coefficient (Wildman–Crippen LogP) is 3.45. The Hall–Kier alpha value is -0.780. The lowest BCUT2D eigenvalue weighted by molar-refractivity contribution is -0.138.